The summed E-state index contributed by atoms with van der Waals surface area (Å²) in [6.45, 7) is 0.811. The standard InChI is InChI=1S/C11H11F3N4/c12-11(13,14)10-17-9(7-2-1-3-16-7)8-6-15-4-5-18(8)10/h4-7,16H,1-3H2. The summed E-state index contributed by atoms with van der Waals surface area (Å²) in [5, 5.41) is 3.16. The number of alkyl halides is 3. The van der Waals surface area contributed by atoms with E-state index in [2.05, 4.69) is 15.3 Å². The van der Waals surface area contributed by atoms with E-state index >= 15 is 0 Å². The Kier molecular flexibility index (Phi) is 2.51. The Hall–Kier alpha value is -1.63. The third kappa shape index (κ3) is 1.74. The number of hydrogen-bond donors (Lipinski definition) is 1. The molecule has 3 rings (SSSR count). The number of rotatable bonds is 1. The molecule has 0 aromatic carbocycles. The van der Waals surface area contributed by atoms with Crippen molar-refractivity contribution in [1.29, 1.82) is 0 Å². The maximum atomic E-state index is 12.9. The van der Waals surface area contributed by atoms with Crippen LogP contribution in [0.25, 0.3) is 5.52 Å². The number of nitrogens with one attached hydrogen (secondary N) is 1. The van der Waals surface area contributed by atoms with Crippen molar-refractivity contribution in [3.63, 3.8) is 0 Å². The number of imidazole rings is 1. The highest BCUT2D eigenvalue weighted by Gasteiger charge is 2.38. The van der Waals surface area contributed by atoms with Crippen molar-refractivity contribution in [2.45, 2.75) is 25.1 Å². The molecule has 2 aromatic heterocycles. The minimum atomic E-state index is -4.46. The minimum absolute atomic E-state index is 0.111. The second-order valence-electron chi connectivity index (χ2n) is 4.30. The monoisotopic (exact) mass is 256 g/mol. The Labute approximate surface area is 101 Å². The fourth-order valence-electron chi connectivity index (χ4n) is 2.34. The molecule has 1 saturated heterocycles. The summed E-state index contributed by atoms with van der Waals surface area (Å²) in [6.07, 6.45) is 1.35. The van der Waals surface area contributed by atoms with E-state index in [-0.39, 0.29) is 6.04 Å². The van der Waals surface area contributed by atoms with Crippen molar-refractivity contribution in [1.82, 2.24) is 19.7 Å². The molecule has 96 valence electrons. The van der Waals surface area contributed by atoms with E-state index in [0.29, 0.717) is 11.2 Å². The predicted molar refractivity (Wildman–Crippen MR) is 58.0 cm³/mol. The van der Waals surface area contributed by atoms with Crippen LogP contribution in [-0.4, -0.2) is 20.9 Å². The zero-order valence-electron chi connectivity index (χ0n) is 9.41. The third-order valence-corrected chi connectivity index (χ3v) is 3.12. The quantitative estimate of drug-likeness (QED) is 0.850. The number of aromatic nitrogens is 3. The Morgan fingerprint density at radius 3 is 2.89 bits per heavy atom. The molecule has 0 radical (unpaired) electrons. The lowest BCUT2D eigenvalue weighted by Crippen LogP contribution is -2.14. The van der Waals surface area contributed by atoms with Crippen molar-refractivity contribution in [3.05, 3.63) is 30.1 Å². The summed E-state index contributed by atoms with van der Waals surface area (Å²) < 4.78 is 39.7. The first kappa shape index (κ1) is 11.5. The molecule has 1 aliphatic heterocycles. The van der Waals surface area contributed by atoms with Crippen molar-refractivity contribution >= 4 is 5.52 Å². The lowest BCUT2D eigenvalue weighted by Gasteiger charge is -2.06. The van der Waals surface area contributed by atoms with Gasteiger partial charge in [0.1, 0.15) is 0 Å². The van der Waals surface area contributed by atoms with E-state index in [9.17, 15) is 13.2 Å². The van der Waals surface area contributed by atoms with Crippen LogP contribution in [0.3, 0.4) is 0 Å². The Morgan fingerprint density at radius 1 is 1.39 bits per heavy atom. The normalized spacial score (nSPS) is 20.7. The molecular weight excluding hydrogens is 245 g/mol. The van der Waals surface area contributed by atoms with Crippen molar-refractivity contribution < 1.29 is 13.2 Å². The number of halogens is 3. The predicted octanol–water partition coefficient (Wildman–Crippen LogP) is 2.17. The van der Waals surface area contributed by atoms with Crippen molar-refractivity contribution in [3.8, 4) is 0 Å². The molecule has 3 heterocycles. The molecule has 4 nitrogen and oxygen atoms in total. The number of hydrogen-bond acceptors (Lipinski definition) is 3. The van der Waals surface area contributed by atoms with Crippen LogP contribution in [0.2, 0.25) is 0 Å². The molecular formula is C11H11F3N4. The molecule has 7 heteroatoms. The lowest BCUT2D eigenvalue weighted by molar-refractivity contribution is -0.145. The first-order chi connectivity index (χ1) is 8.57. The van der Waals surface area contributed by atoms with Crippen LogP contribution >= 0.6 is 0 Å². The highest BCUT2D eigenvalue weighted by atomic mass is 19.4. The zero-order chi connectivity index (χ0) is 12.8. The van der Waals surface area contributed by atoms with Gasteiger partial charge in [0.05, 0.1) is 23.4 Å². The van der Waals surface area contributed by atoms with Gasteiger partial charge in [0.2, 0.25) is 5.82 Å². The van der Waals surface area contributed by atoms with Gasteiger partial charge in [0.25, 0.3) is 0 Å². The molecule has 1 aliphatic rings. The van der Waals surface area contributed by atoms with Crippen LogP contribution in [0.5, 0.6) is 0 Å². The largest absolute Gasteiger partial charge is 0.450 e. The van der Waals surface area contributed by atoms with Gasteiger partial charge < -0.3 is 5.32 Å². The first-order valence-electron chi connectivity index (χ1n) is 5.70. The summed E-state index contributed by atoms with van der Waals surface area (Å²) >= 11 is 0. The van der Waals surface area contributed by atoms with E-state index in [1.165, 1.54) is 18.6 Å². The molecule has 1 atom stereocenters. The summed E-state index contributed by atoms with van der Waals surface area (Å²) in [7, 11) is 0. The Morgan fingerprint density at radius 2 is 2.22 bits per heavy atom. The highest BCUT2D eigenvalue weighted by molar-refractivity contribution is 5.53. The molecule has 1 fully saturated rings. The summed E-state index contributed by atoms with van der Waals surface area (Å²) in [5.41, 5.74) is 0.858. The first-order valence-corrected chi connectivity index (χ1v) is 5.70. The van der Waals surface area contributed by atoms with E-state index < -0.39 is 12.0 Å². The topological polar surface area (TPSA) is 42.2 Å². The van der Waals surface area contributed by atoms with Crippen LogP contribution in [0.15, 0.2) is 18.6 Å². The SMILES string of the molecule is FC(F)(F)c1nc(C2CCCN2)c2cnccn12. The lowest BCUT2D eigenvalue weighted by atomic mass is 10.1. The average molecular weight is 256 g/mol. The molecule has 0 bridgehead atoms. The zero-order valence-corrected chi connectivity index (χ0v) is 9.41. The second-order valence-corrected chi connectivity index (χ2v) is 4.30. The van der Waals surface area contributed by atoms with Crippen LogP contribution in [0.4, 0.5) is 13.2 Å². The number of fused-ring (bicyclic) bond motifs is 1. The number of nitrogens with zero attached hydrogens (tertiary/aromatic N) is 3. The fraction of sp³-hybridized carbons (Fsp3) is 0.455. The molecule has 2 aromatic rings. The van der Waals surface area contributed by atoms with Gasteiger partial charge in [0, 0.05) is 12.4 Å². The van der Waals surface area contributed by atoms with Crippen LogP contribution in [0, 0.1) is 0 Å². The summed E-state index contributed by atoms with van der Waals surface area (Å²) in [5.74, 6) is -0.886. The van der Waals surface area contributed by atoms with Crippen LogP contribution in [0.1, 0.15) is 30.4 Å². The maximum absolute atomic E-state index is 12.9. The summed E-state index contributed by atoms with van der Waals surface area (Å²) in [4.78, 5) is 7.66. The molecule has 0 saturated carbocycles. The van der Waals surface area contributed by atoms with Gasteiger partial charge in [-0.05, 0) is 19.4 Å². The van der Waals surface area contributed by atoms with Gasteiger partial charge in [-0.3, -0.25) is 9.38 Å². The second kappa shape index (κ2) is 3.94. The van der Waals surface area contributed by atoms with Gasteiger partial charge in [-0.25, -0.2) is 4.98 Å². The maximum Gasteiger partial charge on any atom is 0.450 e. The molecule has 1 N–H and O–H groups in total. The van der Waals surface area contributed by atoms with Gasteiger partial charge in [-0.1, -0.05) is 0 Å². The van der Waals surface area contributed by atoms with Crippen molar-refractivity contribution in [2.24, 2.45) is 0 Å². The van der Waals surface area contributed by atoms with Crippen LogP contribution in [-0.2, 0) is 6.18 Å². The van der Waals surface area contributed by atoms with Crippen LogP contribution < -0.4 is 5.32 Å². The van der Waals surface area contributed by atoms with E-state index in [0.717, 1.165) is 23.8 Å². The third-order valence-electron chi connectivity index (χ3n) is 3.12. The van der Waals surface area contributed by atoms with Crippen molar-refractivity contribution in [2.75, 3.05) is 6.54 Å². The van der Waals surface area contributed by atoms with Gasteiger partial charge in [0.15, 0.2) is 0 Å². The molecule has 0 amide bonds. The fourth-order valence-corrected chi connectivity index (χ4v) is 2.34. The van der Waals surface area contributed by atoms with E-state index in [1.807, 2.05) is 0 Å². The smallest absolute Gasteiger partial charge is 0.309 e. The average Bonchev–Trinajstić information content (AvgIpc) is 2.94. The Bertz CT molecular complexity index is 569. The molecule has 18 heavy (non-hydrogen) atoms. The van der Waals surface area contributed by atoms with Gasteiger partial charge in [-0.15, -0.1) is 0 Å². The van der Waals surface area contributed by atoms with Gasteiger partial charge in [-0.2, -0.15) is 13.2 Å². The molecule has 0 spiro atoms. The van der Waals surface area contributed by atoms with E-state index in [4.69, 9.17) is 0 Å². The highest BCUT2D eigenvalue weighted by Crippen LogP contribution is 2.33. The molecule has 1 unspecified atom stereocenters. The Balaban J connectivity index is 2.20. The van der Waals surface area contributed by atoms with Gasteiger partial charge >= 0.3 is 6.18 Å². The molecule has 0 aliphatic carbocycles. The minimum Gasteiger partial charge on any atom is -0.309 e. The summed E-state index contributed by atoms with van der Waals surface area (Å²) in [6, 6.07) is -0.111. The van der Waals surface area contributed by atoms with E-state index in [1.54, 1.807) is 0 Å².